The molecular formula is C13H7ClF2N2OS. The molecule has 0 aliphatic heterocycles. The Labute approximate surface area is 120 Å². The molecular weight excluding hydrogens is 306 g/mol. The molecule has 0 atom stereocenters. The van der Waals surface area contributed by atoms with Crippen molar-refractivity contribution >= 4 is 33.2 Å². The smallest absolute Gasteiger partial charge is 0.260 e. The van der Waals surface area contributed by atoms with E-state index in [-0.39, 0.29) is 22.4 Å². The van der Waals surface area contributed by atoms with E-state index in [4.69, 9.17) is 11.6 Å². The van der Waals surface area contributed by atoms with E-state index in [0.29, 0.717) is 10.7 Å². The molecule has 1 N–H and O–H groups in total. The maximum Gasteiger partial charge on any atom is 0.260 e. The molecule has 0 radical (unpaired) electrons. The molecule has 1 aromatic carbocycles. The second kappa shape index (κ2) is 4.96. The molecule has 0 aliphatic carbocycles. The van der Waals surface area contributed by atoms with Gasteiger partial charge in [-0.3, -0.25) is 4.79 Å². The molecule has 0 aliphatic rings. The normalized spacial score (nSPS) is 11.2. The summed E-state index contributed by atoms with van der Waals surface area (Å²) in [5, 5.41) is 1.69. The highest BCUT2D eigenvalue weighted by Gasteiger charge is 2.18. The Balaban J connectivity index is 2.36. The van der Waals surface area contributed by atoms with Gasteiger partial charge in [-0.25, -0.2) is 13.8 Å². The molecule has 0 bridgehead atoms. The molecule has 3 nitrogen and oxygen atoms in total. The van der Waals surface area contributed by atoms with Crippen molar-refractivity contribution in [1.29, 1.82) is 0 Å². The van der Waals surface area contributed by atoms with E-state index >= 15 is 0 Å². The van der Waals surface area contributed by atoms with E-state index in [9.17, 15) is 13.6 Å². The van der Waals surface area contributed by atoms with Crippen LogP contribution in [0.3, 0.4) is 0 Å². The van der Waals surface area contributed by atoms with Crippen molar-refractivity contribution in [2.45, 2.75) is 5.88 Å². The van der Waals surface area contributed by atoms with Crippen molar-refractivity contribution in [3.63, 3.8) is 0 Å². The Hall–Kier alpha value is -1.79. The van der Waals surface area contributed by atoms with Gasteiger partial charge in [-0.05, 0) is 12.1 Å². The molecule has 3 aromatic rings. The second-order valence-corrected chi connectivity index (χ2v) is 5.20. The first-order valence-electron chi connectivity index (χ1n) is 5.62. The second-order valence-electron chi connectivity index (χ2n) is 4.07. The van der Waals surface area contributed by atoms with Crippen molar-refractivity contribution in [3.05, 3.63) is 51.4 Å². The molecule has 0 spiro atoms. The van der Waals surface area contributed by atoms with Gasteiger partial charge in [0.05, 0.1) is 16.8 Å². The van der Waals surface area contributed by atoms with E-state index in [2.05, 4.69) is 9.97 Å². The third-order valence-corrected chi connectivity index (χ3v) is 3.98. The van der Waals surface area contributed by atoms with Crippen molar-refractivity contribution in [2.75, 3.05) is 0 Å². The van der Waals surface area contributed by atoms with Gasteiger partial charge in [-0.2, -0.15) is 0 Å². The van der Waals surface area contributed by atoms with Crippen molar-refractivity contribution in [3.8, 4) is 11.1 Å². The standard InChI is InChI=1S/C13H7ClF2N2OS/c14-4-9-17-12(19)11-6(5-20-13(11)18-9)10-7(15)2-1-3-8(10)16/h1-3,5H,4H2,(H,17,18,19). The highest BCUT2D eigenvalue weighted by Crippen LogP contribution is 2.34. The summed E-state index contributed by atoms with van der Waals surface area (Å²) in [7, 11) is 0. The number of fused-ring (bicyclic) bond motifs is 1. The van der Waals surface area contributed by atoms with Crippen LogP contribution >= 0.6 is 22.9 Å². The lowest BCUT2D eigenvalue weighted by molar-refractivity contribution is 0.590. The van der Waals surface area contributed by atoms with Crippen LogP contribution in [0.5, 0.6) is 0 Å². The average Bonchev–Trinajstić information content (AvgIpc) is 2.83. The first-order chi connectivity index (χ1) is 9.61. The topological polar surface area (TPSA) is 45.8 Å². The van der Waals surface area contributed by atoms with Crippen LogP contribution < -0.4 is 5.56 Å². The van der Waals surface area contributed by atoms with Gasteiger partial charge in [0.1, 0.15) is 22.3 Å². The molecule has 3 rings (SSSR count). The molecule has 0 saturated carbocycles. The Bertz CT molecular complexity index is 839. The first-order valence-corrected chi connectivity index (χ1v) is 7.04. The predicted octanol–water partition coefficient (Wildman–Crippen LogP) is 3.67. The third kappa shape index (κ3) is 2.01. The van der Waals surface area contributed by atoms with Crippen molar-refractivity contribution in [2.24, 2.45) is 0 Å². The van der Waals surface area contributed by atoms with Crippen molar-refractivity contribution in [1.82, 2.24) is 9.97 Å². The Kier molecular flexibility index (Phi) is 3.27. The molecule has 20 heavy (non-hydrogen) atoms. The van der Waals surface area contributed by atoms with Crippen LogP contribution in [0.15, 0.2) is 28.4 Å². The minimum absolute atomic E-state index is 0.0620. The van der Waals surface area contributed by atoms with E-state index in [1.165, 1.54) is 11.4 Å². The Morgan fingerprint density at radius 2 is 2.00 bits per heavy atom. The van der Waals surface area contributed by atoms with Gasteiger partial charge in [0.25, 0.3) is 5.56 Å². The number of H-pyrrole nitrogens is 1. The van der Waals surface area contributed by atoms with Crippen LogP contribution in [0.25, 0.3) is 21.3 Å². The maximum absolute atomic E-state index is 13.8. The molecule has 0 fully saturated rings. The summed E-state index contributed by atoms with van der Waals surface area (Å²) in [5.41, 5.74) is -0.468. The van der Waals surface area contributed by atoms with Gasteiger partial charge < -0.3 is 4.98 Å². The highest BCUT2D eigenvalue weighted by atomic mass is 35.5. The van der Waals surface area contributed by atoms with Crippen LogP contribution in [0, 0.1) is 11.6 Å². The summed E-state index contributed by atoms with van der Waals surface area (Å²) in [6, 6.07) is 3.57. The van der Waals surface area contributed by atoms with Crippen LogP contribution in [-0.2, 0) is 5.88 Å². The third-order valence-electron chi connectivity index (χ3n) is 2.85. The molecule has 2 heterocycles. The molecule has 0 amide bonds. The van der Waals surface area contributed by atoms with Gasteiger partial charge in [0, 0.05) is 10.9 Å². The molecule has 0 unspecified atom stereocenters. The van der Waals surface area contributed by atoms with E-state index in [0.717, 1.165) is 23.5 Å². The number of alkyl halides is 1. The molecule has 7 heteroatoms. The van der Waals surface area contributed by atoms with Gasteiger partial charge in [-0.15, -0.1) is 22.9 Å². The zero-order valence-corrected chi connectivity index (χ0v) is 11.5. The average molecular weight is 313 g/mol. The van der Waals surface area contributed by atoms with Gasteiger partial charge >= 0.3 is 0 Å². The Morgan fingerprint density at radius 3 is 2.65 bits per heavy atom. The number of thiophene rings is 1. The van der Waals surface area contributed by atoms with Crippen molar-refractivity contribution < 1.29 is 8.78 Å². The number of rotatable bonds is 2. The van der Waals surface area contributed by atoms with Gasteiger partial charge in [0.15, 0.2) is 0 Å². The fourth-order valence-electron chi connectivity index (χ4n) is 2.00. The number of hydrogen-bond donors (Lipinski definition) is 1. The fraction of sp³-hybridized carbons (Fsp3) is 0.0769. The van der Waals surface area contributed by atoms with Crippen LogP contribution in [-0.4, -0.2) is 9.97 Å². The predicted molar refractivity (Wildman–Crippen MR) is 75.1 cm³/mol. The number of aromatic nitrogens is 2. The van der Waals surface area contributed by atoms with Gasteiger partial charge in [0.2, 0.25) is 0 Å². The summed E-state index contributed by atoms with van der Waals surface area (Å²) in [6.45, 7) is 0. The number of hydrogen-bond acceptors (Lipinski definition) is 3. The quantitative estimate of drug-likeness (QED) is 0.734. The van der Waals surface area contributed by atoms with E-state index in [1.807, 2.05) is 0 Å². The zero-order valence-electron chi connectivity index (χ0n) is 9.91. The molecule has 0 saturated heterocycles. The van der Waals surface area contributed by atoms with Gasteiger partial charge in [-0.1, -0.05) is 6.07 Å². The molecule has 2 aromatic heterocycles. The molecule has 102 valence electrons. The van der Waals surface area contributed by atoms with E-state index in [1.54, 1.807) is 0 Å². The van der Waals surface area contributed by atoms with E-state index < -0.39 is 17.2 Å². The summed E-state index contributed by atoms with van der Waals surface area (Å²) in [5.74, 6) is -1.05. The lowest BCUT2D eigenvalue weighted by Gasteiger charge is -2.03. The maximum atomic E-state index is 13.8. The van der Waals surface area contributed by atoms with Crippen LogP contribution in [0.4, 0.5) is 8.78 Å². The summed E-state index contributed by atoms with van der Waals surface area (Å²) in [4.78, 5) is 19.1. The Morgan fingerprint density at radius 1 is 1.30 bits per heavy atom. The SMILES string of the molecule is O=c1[nH]c(CCl)nc2scc(-c3c(F)cccc3F)c12. The lowest BCUT2D eigenvalue weighted by Crippen LogP contribution is -2.10. The fourth-order valence-corrected chi connectivity index (χ4v) is 3.07. The number of aromatic amines is 1. The monoisotopic (exact) mass is 312 g/mol. The van der Waals surface area contributed by atoms with Crippen LogP contribution in [0.2, 0.25) is 0 Å². The number of benzene rings is 1. The number of nitrogens with one attached hydrogen (secondary N) is 1. The first kappa shape index (κ1) is 13.2. The summed E-state index contributed by atoms with van der Waals surface area (Å²) < 4.78 is 27.7. The number of halogens is 3. The van der Waals surface area contributed by atoms with Crippen LogP contribution in [0.1, 0.15) is 5.82 Å². The largest absolute Gasteiger partial charge is 0.309 e. The zero-order chi connectivity index (χ0) is 14.3. The highest BCUT2D eigenvalue weighted by molar-refractivity contribution is 7.17. The lowest BCUT2D eigenvalue weighted by atomic mass is 10.1. The number of nitrogens with zero attached hydrogens (tertiary/aromatic N) is 1. The summed E-state index contributed by atoms with van der Waals surface area (Å²) in [6.07, 6.45) is 0. The summed E-state index contributed by atoms with van der Waals surface area (Å²) >= 11 is 6.77. The minimum atomic E-state index is -0.717. The minimum Gasteiger partial charge on any atom is -0.309 e.